The van der Waals surface area contributed by atoms with E-state index in [0.717, 1.165) is 4.90 Å². The van der Waals surface area contributed by atoms with Gasteiger partial charge in [0.25, 0.3) is 0 Å². The van der Waals surface area contributed by atoms with E-state index in [1.54, 1.807) is 12.1 Å². The summed E-state index contributed by atoms with van der Waals surface area (Å²) in [5.41, 5.74) is 1.67. The van der Waals surface area contributed by atoms with Gasteiger partial charge in [0, 0.05) is 0 Å². The van der Waals surface area contributed by atoms with Gasteiger partial charge in [-0.05, 0) is 34.4 Å². The van der Waals surface area contributed by atoms with Crippen LogP contribution in [0.5, 0.6) is 0 Å². The topological polar surface area (TPSA) is 124 Å². The number of benzene rings is 2. The second-order valence-corrected chi connectivity index (χ2v) is 7.34. The number of hydrogen-bond donors (Lipinski definition) is 2. The molecule has 1 saturated heterocycles. The largest absolute Gasteiger partial charge is 0.479 e. The number of carboxylic acid groups (broad SMARTS) is 1. The number of halogens is 1. The Kier molecular flexibility index (Phi) is 4.10. The molecule has 2 aromatic rings. The van der Waals surface area contributed by atoms with Crippen LogP contribution in [0.2, 0.25) is 0 Å². The Hall–Kier alpha value is -3.02. The third kappa shape index (κ3) is 2.89. The van der Waals surface area contributed by atoms with Gasteiger partial charge in [0.05, 0.1) is 6.54 Å². The molecule has 146 valence electrons. The number of rotatable bonds is 4. The van der Waals surface area contributed by atoms with Gasteiger partial charge >= 0.3 is 22.4 Å². The molecule has 28 heavy (non-hydrogen) atoms. The van der Waals surface area contributed by atoms with Gasteiger partial charge < -0.3 is 10.0 Å². The van der Waals surface area contributed by atoms with Crippen molar-refractivity contribution in [3.8, 4) is 11.1 Å². The highest BCUT2D eigenvalue weighted by molar-refractivity contribution is 7.80. The van der Waals surface area contributed by atoms with Gasteiger partial charge in [-0.15, -0.1) is 4.28 Å². The van der Waals surface area contributed by atoms with E-state index in [0.29, 0.717) is 21.8 Å². The maximum absolute atomic E-state index is 13.3. The van der Waals surface area contributed by atoms with Crippen molar-refractivity contribution in [2.24, 2.45) is 0 Å². The Morgan fingerprint density at radius 3 is 2.46 bits per heavy atom. The fourth-order valence-electron chi connectivity index (χ4n) is 3.72. The third-order valence-electron chi connectivity index (χ3n) is 4.73. The molecule has 2 aromatic carbocycles. The Morgan fingerprint density at radius 1 is 1.18 bits per heavy atom. The van der Waals surface area contributed by atoms with Crippen molar-refractivity contribution < 1.29 is 36.3 Å². The average molecular weight is 408 g/mol. The number of hydrogen-bond acceptors (Lipinski definition) is 5. The Morgan fingerprint density at radius 2 is 1.86 bits per heavy atom. The van der Waals surface area contributed by atoms with Gasteiger partial charge in [-0.2, -0.15) is 13.5 Å². The summed E-state index contributed by atoms with van der Waals surface area (Å²) in [5, 5.41) is 10.1. The van der Waals surface area contributed by atoms with E-state index in [-0.39, 0.29) is 12.1 Å². The number of amides is 2. The van der Waals surface area contributed by atoms with Crippen LogP contribution < -0.4 is 0 Å². The van der Waals surface area contributed by atoms with Gasteiger partial charge in [-0.1, -0.05) is 30.3 Å². The van der Waals surface area contributed by atoms with Crippen LogP contribution in [0.15, 0.2) is 42.5 Å². The van der Waals surface area contributed by atoms with Crippen molar-refractivity contribution in [2.75, 3.05) is 6.54 Å². The van der Waals surface area contributed by atoms with Crippen LogP contribution in [0, 0.1) is 5.82 Å². The summed E-state index contributed by atoms with van der Waals surface area (Å²) >= 11 is 0. The number of carbonyl (C=O) groups is 2. The average Bonchev–Trinajstić information content (AvgIpc) is 2.87. The van der Waals surface area contributed by atoms with Crippen LogP contribution in [0.4, 0.5) is 9.18 Å². The van der Waals surface area contributed by atoms with Crippen LogP contribution in [-0.4, -0.2) is 46.6 Å². The van der Waals surface area contributed by atoms with Crippen molar-refractivity contribution >= 4 is 22.4 Å². The summed E-state index contributed by atoms with van der Waals surface area (Å²) in [5.74, 6) is -1.77. The molecule has 0 aromatic heterocycles. The molecule has 0 aliphatic carbocycles. The second-order valence-electron chi connectivity index (χ2n) is 6.33. The van der Waals surface area contributed by atoms with Crippen LogP contribution in [0.3, 0.4) is 0 Å². The molecule has 0 saturated carbocycles. The molecule has 2 amide bonds. The molecule has 2 heterocycles. The Labute approximate surface area is 158 Å². The standard InChI is InChI=1S/C17H13FN2O7S/c18-10-6-4-9(5-7-10)11-2-1-3-12-14(11)13-8-19(15(12)16(21)22)17(23)20(13)27-28(24,25)26/h1-7,13,15H,8H2,(H,21,22)(H,24,25,26)/t13-,15-/m1/s1. The number of carbonyl (C=O) groups excluding carboxylic acids is 1. The van der Waals surface area contributed by atoms with E-state index < -0.39 is 40.3 Å². The van der Waals surface area contributed by atoms with Gasteiger partial charge in [-0.25, -0.2) is 14.0 Å². The maximum atomic E-state index is 13.3. The zero-order valence-electron chi connectivity index (χ0n) is 14.0. The van der Waals surface area contributed by atoms with E-state index in [9.17, 15) is 27.5 Å². The number of fused-ring (bicyclic) bond motifs is 4. The molecule has 2 aliphatic heterocycles. The monoisotopic (exact) mass is 408 g/mol. The molecule has 2 atom stereocenters. The van der Waals surface area contributed by atoms with Crippen LogP contribution in [0.25, 0.3) is 11.1 Å². The van der Waals surface area contributed by atoms with E-state index in [4.69, 9.17) is 4.55 Å². The molecule has 4 rings (SSSR count). The van der Waals surface area contributed by atoms with E-state index in [1.807, 2.05) is 0 Å². The van der Waals surface area contributed by atoms with Gasteiger partial charge in [-0.3, -0.25) is 4.55 Å². The minimum Gasteiger partial charge on any atom is -0.479 e. The molecular weight excluding hydrogens is 395 g/mol. The van der Waals surface area contributed by atoms with E-state index >= 15 is 0 Å². The molecule has 1 fully saturated rings. The minimum atomic E-state index is -5.02. The molecule has 11 heteroatoms. The smallest absolute Gasteiger partial charge is 0.418 e. The van der Waals surface area contributed by atoms with Crippen LogP contribution in [-0.2, 0) is 19.5 Å². The molecule has 0 spiro atoms. The first-order valence-electron chi connectivity index (χ1n) is 8.06. The lowest BCUT2D eigenvalue weighted by Crippen LogP contribution is -2.38. The highest BCUT2D eigenvalue weighted by Gasteiger charge is 2.53. The van der Waals surface area contributed by atoms with Crippen molar-refractivity contribution in [3.63, 3.8) is 0 Å². The summed E-state index contributed by atoms with van der Waals surface area (Å²) in [6.45, 7) is -0.156. The van der Waals surface area contributed by atoms with Crippen molar-refractivity contribution in [3.05, 3.63) is 59.4 Å². The summed E-state index contributed by atoms with van der Waals surface area (Å²) in [6.07, 6.45) is 0. The first kappa shape index (κ1) is 18.3. The Bertz CT molecular complexity index is 1090. The summed E-state index contributed by atoms with van der Waals surface area (Å²) in [7, 11) is -5.02. The first-order chi connectivity index (χ1) is 13.2. The van der Waals surface area contributed by atoms with Crippen molar-refractivity contribution in [2.45, 2.75) is 12.1 Å². The summed E-state index contributed by atoms with van der Waals surface area (Å²) < 4.78 is 49.2. The van der Waals surface area contributed by atoms with Crippen LogP contribution in [0.1, 0.15) is 23.2 Å². The predicted molar refractivity (Wildman–Crippen MR) is 91.5 cm³/mol. The quantitative estimate of drug-likeness (QED) is 0.743. The minimum absolute atomic E-state index is 0.156. The van der Waals surface area contributed by atoms with Crippen molar-refractivity contribution in [1.29, 1.82) is 0 Å². The molecule has 2 bridgehead atoms. The van der Waals surface area contributed by atoms with E-state index in [1.165, 1.54) is 30.3 Å². The van der Waals surface area contributed by atoms with Gasteiger partial charge in [0.1, 0.15) is 11.9 Å². The fraction of sp³-hybridized carbons (Fsp3) is 0.176. The summed E-state index contributed by atoms with van der Waals surface area (Å²) in [6, 6.07) is 6.83. The van der Waals surface area contributed by atoms with Gasteiger partial charge in [0.2, 0.25) is 0 Å². The predicted octanol–water partition coefficient (Wildman–Crippen LogP) is 2.15. The lowest BCUT2D eigenvalue weighted by molar-refractivity contribution is -0.142. The number of nitrogens with zero attached hydrogens (tertiary/aromatic N) is 2. The number of carboxylic acids is 1. The van der Waals surface area contributed by atoms with E-state index in [2.05, 4.69) is 4.28 Å². The highest BCUT2D eigenvalue weighted by atomic mass is 32.3. The summed E-state index contributed by atoms with van der Waals surface area (Å²) in [4.78, 5) is 25.4. The maximum Gasteiger partial charge on any atom is 0.418 e. The number of hydroxylamine groups is 2. The third-order valence-corrected chi connectivity index (χ3v) is 5.08. The lowest BCUT2D eigenvalue weighted by Gasteiger charge is -2.31. The lowest BCUT2D eigenvalue weighted by atomic mass is 9.85. The normalized spacial score (nSPS) is 21.0. The van der Waals surface area contributed by atoms with Crippen molar-refractivity contribution in [1.82, 2.24) is 9.96 Å². The molecule has 2 N–H and O–H groups in total. The fourth-order valence-corrected chi connectivity index (χ4v) is 4.09. The Balaban J connectivity index is 1.94. The number of urea groups is 1. The SMILES string of the molecule is O=C(O)[C@H]1c2cccc(-c3ccc(F)cc3)c2[C@H]2CN1C(=O)N2OS(=O)(=O)O. The van der Waals surface area contributed by atoms with Crippen LogP contribution >= 0.6 is 0 Å². The molecule has 9 nitrogen and oxygen atoms in total. The number of aliphatic carboxylic acids is 1. The highest BCUT2D eigenvalue weighted by Crippen LogP contribution is 2.47. The van der Waals surface area contributed by atoms with Gasteiger partial charge in [0.15, 0.2) is 6.04 Å². The molecule has 2 aliphatic rings. The molecule has 0 radical (unpaired) electrons. The molecule has 0 unspecified atom stereocenters. The first-order valence-corrected chi connectivity index (χ1v) is 9.42. The zero-order valence-corrected chi connectivity index (χ0v) is 14.8. The molecular formula is C17H13FN2O7S. The zero-order chi connectivity index (χ0) is 20.2. The second kappa shape index (κ2) is 6.26.